The molecule has 0 aromatic heterocycles. The molecule has 0 unspecified atom stereocenters. The van der Waals surface area contributed by atoms with Crippen molar-refractivity contribution in [3.63, 3.8) is 0 Å². The molecule has 0 aliphatic heterocycles. The molecule has 2 N–H and O–H groups in total. The maximum atomic E-state index is 5.73. The second kappa shape index (κ2) is 4.96. The first kappa shape index (κ1) is 9.30. The lowest BCUT2D eigenvalue weighted by Crippen LogP contribution is -2.07. The van der Waals surface area contributed by atoms with Gasteiger partial charge in [-0.15, -0.1) is 0 Å². The van der Waals surface area contributed by atoms with Gasteiger partial charge in [0.15, 0.2) is 0 Å². The monoisotopic (exact) mass is 166 g/mol. The van der Waals surface area contributed by atoms with Crippen LogP contribution in [0.2, 0.25) is 0 Å². The fourth-order valence-corrected chi connectivity index (χ4v) is 1.77. The zero-order chi connectivity index (χ0) is 8.81. The zero-order valence-electron chi connectivity index (χ0n) is 7.79. The van der Waals surface area contributed by atoms with E-state index in [1.807, 2.05) is 0 Å². The molecule has 1 fully saturated rings. The molecular formula is C10H18N2. The lowest BCUT2D eigenvalue weighted by atomic mass is 9.89. The van der Waals surface area contributed by atoms with Crippen molar-refractivity contribution < 1.29 is 0 Å². The van der Waals surface area contributed by atoms with Gasteiger partial charge in [0, 0.05) is 19.0 Å². The summed E-state index contributed by atoms with van der Waals surface area (Å²) in [6, 6.07) is 0. The van der Waals surface area contributed by atoms with E-state index in [-0.39, 0.29) is 0 Å². The van der Waals surface area contributed by atoms with Crippen LogP contribution in [0, 0.1) is 5.92 Å². The van der Waals surface area contributed by atoms with Crippen LogP contribution in [0.1, 0.15) is 32.1 Å². The summed E-state index contributed by atoms with van der Waals surface area (Å²) in [5.74, 6) is 0.705. The Kier molecular flexibility index (Phi) is 3.85. The van der Waals surface area contributed by atoms with E-state index >= 15 is 0 Å². The molecule has 2 heteroatoms. The van der Waals surface area contributed by atoms with E-state index in [2.05, 4.69) is 11.1 Å². The third-order valence-corrected chi connectivity index (χ3v) is 2.36. The first-order chi connectivity index (χ1) is 5.83. The fourth-order valence-electron chi connectivity index (χ4n) is 1.77. The lowest BCUT2D eigenvalue weighted by molar-refractivity contribution is 0.418. The summed E-state index contributed by atoms with van der Waals surface area (Å²) in [4.78, 5) is 3.88. The standard InChI is InChI=1S/C10H18N2/c1-12-8-10(11)7-9-5-3-2-4-6-9/h7-9H,2-6,11H2,1H3/b10-7+,12-8-. The van der Waals surface area contributed by atoms with Crippen LogP contribution in [0.25, 0.3) is 0 Å². The van der Waals surface area contributed by atoms with E-state index < -0.39 is 0 Å². The highest BCUT2D eigenvalue weighted by Crippen LogP contribution is 2.24. The molecule has 0 amide bonds. The van der Waals surface area contributed by atoms with Gasteiger partial charge in [-0.25, -0.2) is 0 Å². The molecule has 0 spiro atoms. The minimum Gasteiger partial charge on any atom is -0.398 e. The summed E-state index contributed by atoms with van der Waals surface area (Å²) in [6.45, 7) is 0. The molecule has 1 saturated carbocycles. The van der Waals surface area contributed by atoms with Crippen LogP contribution in [0.5, 0.6) is 0 Å². The van der Waals surface area contributed by atoms with Crippen molar-refractivity contribution in [2.45, 2.75) is 32.1 Å². The summed E-state index contributed by atoms with van der Waals surface area (Å²) in [7, 11) is 1.75. The van der Waals surface area contributed by atoms with E-state index in [1.165, 1.54) is 32.1 Å². The molecular weight excluding hydrogens is 148 g/mol. The maximum absolute atomic E-state index is 5.73. The highest BCUT2D eigenvalue weighted by molar-refractivity contribution is 5.76. The third-order valence-electron chi connectivity index (χ3n) is 2.36. The van der Waals surface area contributed by atoms with Gasteiger partial charge in [0.1, 0.15) is 0 Å². The van der Waals surface area contributed by atoms with Crippen LogP contribution in [0.15, 0.2) is 16.8 Å². The predicted molar refractivity (Wildman–Crippen MR) is 53.3 cm³/mol. The summed E-state index contributed by atoms with van der Waals surface area (Å²) >= 11 is 0. The maximum Gasteiger partial charge on any atom is 0.0457 e. The molecule has 0 aromatic carbocycles. The molecule has 1 aliphatic rings. The molecule has 0 aromatic rings. The van der Waals surface area contributed by atoms with E-state index in [4.69, 9.17) is 5.73 Å². The van der Waals surface area contributed by atoms with Gasteiger partial charge in [0.25, 0.3) is 0 Å². The molecule has 0 radical (unpaired) electrons. The highest BCUT2D eigenvalue weighted by Gasteiger charge is 2.10. The van der Waals surface area contributed by atoms with Gasteiger partial charge >= 0.3 is 0 Å². The first-order valence-electron chi connectivity index (χ1n) is 4.72. The largest absolute Gasteiger partial charge is 0.398 e. The smallest absolute Gasteiger partial charge is 0.0457 e. The molecule has 2 nitrogen and oxygen atoms in total. The van der Waals surface area contributed by atoms with Crippen LogP contribution in [-0.2, 0) is 0 Å². The molecule has 0 saturated heterocycles. The van der Waals surface area contributed by atoms with Crippen LogP contribution < -0.4 is 5.73 Å². The number of nitrogens with zero attached hydrogens (tertiary/aromatic N) is 1. The number of rotatable bonds is 2. The Morgan fingerprint density at radius 3 is 2.58 bits per heavy atom. The number of hydrogen-bond acceptors (Lipinski definition) is 2. The molecule has 1 aliphatic carbocycles. The van der Waals surface area contributed by atoms with Crippen molar-refractivity contribution in [3.8, 4) is 0 Å². The topological polar surface area (TPSA) is 38.4 Å². The van der Waals surface area contributed by atoms with Crippen molar-refractivity contribution >= 4 is 6.21 Å². The van der Waals surface area contributed by atoms with Gasteiger partial charge in [-0.2, -0.15) is 0 Å². The Bertz CT molecular complexity index is 176. The van der Waals surface area contributed by atoms with Gasteiger partial charge in [0.05, 0.1) is 0 Å². The Morgan fingerprint density at radius 2 is 2.00 bits per heavy atom. The van der Waals surface area contributed by atoms with Crippen LogP contribution in [-0.4, -0.2) is 13.3 Å². The van der Waals surface area contributed by atoms with Gasteiger partial charge < -0.3 is 5.73 Å². The van der Waals surface area contributed by atoms with Crippen molar-refractivity contribution in [1.29, 1.82) is 0 Å². The van der Waals surface area contributed by atoms with E-state index in [0.29, 0.717) is 5.92 Å². The van der Waals surface area contributed by atoms with E-state index in [1.54, 1.807) is 13.3 Å². The number of nitrogens with two attached hydrogens (primary N) is 1. The van der Waals surface area contributed by atoms with E-state index in [0.717, 1.165) is 5.70 Å². The van der Waals surface area contributed by atoms with E-state index in [9.17, 15) is 0 Å². The Hall–Kier alpha value is -0.790. The van der Waals surface area contributed by atoms with Crippen molar-refractivity contribution in [1.82, 2.24) is 0 Å². The first-order valence-corrected chi connectivity index (χ1v) is 4.72. The second-order valence-corrected chi connectivity index (χ2v) is 3.45. The summed E-state index contributed by atoms with van der Waals surface area (Å²) in [5, 5.41) is 0. The molecule has 12 heavy (non-hydrogen) atoms. The lowest BCUT2D eigenvalue weighted by Gasteiger charge is -2.18. The predicted octanol–water partition coefficient (Wildman–Crippen LogP) is 2.11. The van der Waals surface area contributed by atoms with Crippen LogP contribution in [0.4, 0.5) is 0 Å². The van der Waals surface area contributed by atoms with Crippen molar-refractivity contribution in [2.24, 2.45) is 16.6 Å². The molecule has 0 heterocycles. The average Bonchev–Trinajstić information content (AvgIpc) is 2.06. The summed E-state index contributed by atoms with van der Waals surface area (Å²) in [6.07, 6.45) is 10.6. The van der Waals surface area contributed by atoms with Gasteiger partial charge in [0.2, 0.25) is 0 Å². The molecule has 0 bridgehead atoms. The number of aliphatic imine (C=N–C) groups is 1. The van der Waals surface area contributed by atoms with Crippen LogP contribution in [0.3, 0.4) is 0 Å². The van der Waals surface area contributed by atoms with Crippen LogP contribution >= 0.6 is 0 Å². The van der Waals surface area contributed by atoms with Crippen molar-refractivity contribution in [3.05, 3.63) is 11.8 Å². The summed E-state index contributed by atoms with van der Waals surface area (Å²) in [5.41, 5.74) is 6.55. The summed E-state index contributed by atoms with van der Waals surface area (Å²) < 4.78 is 0. The minimum atomic E-state index is 0.705. The molecule has 0 atom stereocenters. The van der Waals surface area contributed by atoms with Gasteiger partial charge in [-0.05, 0) is 18.8 Å². The average molecular weight is 166 g/mol. The Morgan fingerprint density at radius 1 is 1.33 bits per heavy atom. The normalized spacial score (nSPS) is 21.9. The number of allylic oxidation sites excluding steroid dienone is 2. The van der Waals surface area contributed by atoms with Crippen molar-refractivity contribution in [2.75, 3.05) is 7.05 Å². The zero-order valence-corrected chi connectivity index (χ0v) is 7.79. The van der Waals surface area contributed by atoms with Gasteiger partial charge in [-0.3, -0.25) is 4.99 Å². The van der Waals surface area contributed by atoms with Gasteiger partial charge in [-0.1, -0.05) is 25.3 Å². The number of hydrogen-bond donors (Lipinski definition) is 1. The highest BCUT2D eigenvalue weighted by atomic mass is 14.7. The third kappa shape index (κ3) is 3.07. The molecule has 68 valence electrons. The second-order valence-electron chi connectivity index (χ2n) is 3.45. The fraction of sp³-hybridized carbons (Fsp3) is 0.700. The Balaban J connectivity index is 2.41. The Labute approximate surface area is 74.6 Å². The SMILES string of the molecule is C/N=C\C(N)=C/C1CCCCC1. The minimum absolute atomic E-state index is 0.705. The quantitative estimate of drug-likeness (QED) is 0.627. The molecule has 1 rings (SSSR count).